The summed E-state index contributed by atoms with van der Waals surface area (Å²) in [5.41, 5.74) is 0. The Hall–Kier alpha value is -1.14. The van der Waals surface area contributed by atoms with Crippen molar-refractivity contribution in [1.82, 2.24) is 20.0 Å². The fourth-order valence-electron chi connectivity index (χ4n) is 2.79. The van der Waals surface area contributed by atoms with E-state index in [9.17, 15) is 9.59 Å². The average Bonchev–Trinajstić information content (AvgIpc) is 2.38. The molecule has 0 atom stereocenters. The van der Waals surface area contributed by atoms with E-state index in [-0.39, 0.29) is 30.4 Å². The molecule has 2 amide bonds. The van der Waals surface area contributed by atoms with E-state index in [1.807, 2.05) is 49.4 Å². The Labute approximate surface area is 128 Å². The van der Waals surface area contributed by atoms with Crippen LogP contribution in [0.5, 0.6) is 0 Å². The second-order valence-electron chi connectivity index (χ2n) is 6.29. The molecular formula is C15H30N4O2. The lowest BCUT2D eigenvalue weighted by molar-refractivity contribution is -0.137. The standard InChI is InChI=1S/C15H30N4O2/c1-12(2)19(13(3)4)15(21)11-17(5)10-14(20)18-8-6-16-7-9-18/h12-13,16H,6-11H2,1-5H3. The van der Waals surface area contributed by atoms with Gasteiger partial charge in [0.2, 0.25) is 11.8 Å². The van der Waals surface area contributed by atoms with Crippen LogP contribution in [-0.2, 0) is 9.59 Å². The maximum Gasteiger partial charge on any atom is 0.237 e. The fraction of sp³-hybridized carbons (Fsp3) is 0.867. The number of hydrogen-bond donors (Lipinski definition) is 1. The number of rotatable bonds is 6. The van der Waals surface area contributed by atoms with Crippen LogP contribution in [0.3, 0.4) is 0 Å². The lowest BCUT2D eigenvalue weighted by atomic mass is 10.2. The summed E-state index contributed by atoms with van der Waals surface area (Å²) in [4.78, 5) is 30.0. The van der Waals surface area contributed by atoms with Crippen molar-refractivity contribution in [1.29, 1.82) is 0 Å². The van der Waals surface area contributed by atoms with Gasteiger partial charge >= 0.3 is 0 Å². The minimum absolute atomic E-state index is 0.0793. The van der Waals surface area contributed by atoms with Crippen LogP contribution in [0.15, 0.2) is 0 Å². The van der Waals surface area contributed by atoms with Crippen LogP contribution in [0.2, 0.25) is 0 Å². The van der Waals surface area contributed by atoms with Crippen LogP contribution in [-0.4, -0.2) is 84.9 Å². The van der Waals surface area contributed by atoms with Crippen molar-refractivity contribution in [2.75, 3.05) is 46.3 Å². The van der Waals surface area contributed by atoms with Crippen LogP contribution >= 0.6 is 0 Å². The van der Waals surface area contributed by atoms with E-state index in [0.717, 1.165) is 26.2 Å². The second-order valence-corrected chi connectivity index (χ2v) is 6.29. The first-order chi connectivity index (χ1) is 9.82. The first kappa shape index (κ1) is 17.9. The largest absolute Gasteiger partial charge is 0.339 e. The van der Waals surface area contributed by atoms with Gasteiger partial charge in [0, 0.05) is 38.3 Å². The highest BCUT2D eigenvalue weighted by Gasteiger charge is 2.23. The molecule has 0 unspecified atom stereocenters. The molecule has 1 saturated heterocycles. The van der Waals surface area contributed by atoms with Crippen LogP contribution in [0, 0.1) is 0 Å². The molecule has 6 heteroatoms. The maximum atomic E-state index is 12.3. The number of hydrogen-bond acceptors (Lipinski definition) is 4. The van der Waals surface area contributed by atoms with E-state index >= 15 is 0 Å². The van der Waals surface area contributed by atoms with Crippen molar-refractivity contribution in [2.45, 2.75) is 39.8 Å². The van der Waals surface area contributed by atoms with Gasteiger partial charge in [-0.25, -0.2) is 0 Å². The third-order valence-corrected chi connectivity index (χ3v) is 3.68. The van der Waals surface area contributed by atoms with Gasteiger partial charge in [0.25, 0.3) is 0 Å². The summed E-state index contributed by atoms with van der Waals surface area (Å²) in [5.74, 6) is 0.183. The predicted molar refractivity (Wildman–Crippen MR) is 84.1 cm³/mol. The van der Waals surface area contributed by atoms with E-state index in [1.165, 1.54) is 0 Å². The quantitative estimate of drug-likeness (QED) is 0.750. The Kier molecular flexibility index (Phi) is 7.11. The first-order valence-corrected chi connectivity index (χ1v) is 7.81. The normalized spacial score (nSPS) is 15.9. The average molecular weight is 298 g/mol. The molecule has 6 nitrogen and oxygen atoms in total. The van der Waals surface area contributed by atoms with E-state index < -0.39 is 0 Å². The lowest BCUT2D eigenvalue weighted by Gasteiger charge is -2.33. The molecule has 0 spiro atoms. The van der Waals surface area contributed by atoms with Gasteiger partial charge in [-0.2, -0.15) is 0 Å². The molecule has 122 valence electrons. The number of nitrogens with one attached hydrogen (secondary N) is 1. The number of nitrogens with zero attached hydrogens (tertiary/aromatic N) is 3. The molecule has 0 radical (unpaired) electrons. The van der Waals surface area contributed by atoms with Gasteiger partial charge in [0.15, 0.2) is 0 Å². The number of amides is 2. The van der Waals surface area contributed by atoms with Gasteiger partial charge in [-0.3, -0.25) is 14.5 Å². The molecule has 1 aliphatic rings. The van der Waals surface area contributed by atoms with E-state index in [1.54, 1.807) is 0 Å². The molecule has 21 heavy (non-hydrogen) atoms. The maximum absolute atomic E-state index is 12.3. The zero-order chi connectivity index (χ0) is 16.0. The van der Waals surface area contributed by atoms with Crippen LogP contribution in [0.4, 0.5) is 0 Å². The molecule has 1 heterocycles. The molecule has 1 N–H and O–H groups in total. The highest BCUT2D eigenvalue weighted by molar-refractivity contribution is 5.81. The number of carbonyl (C=O) groups excluding carboxylic acids is 2. The molecule has 1 aliphatic heterocycles. The molecule has 0 saturated carbocycles. The first-order valence-electron chi connectivity index (χ1n) is 7.81. The smallest absolute Gasteiger partial charge is 0.237 e. The van der Waals surface area contributed by atoms with Crippen LogP contribution in [0.25, 0.3) is 0 Å². The SMILES string of the molecule is CC(C)N(C(=O)CN(C)CC(=O)N1CCNCC1)C(C)C. The van der Waals surface area contributed by atoms with Crippen LogP contribution < -0.4 is 5.32 Å². The zero-order valence-electron chi connectivity index (χ0n) is 14.1. The Balaban J connectivity index is 2.46. The van der Waals surface area contributed by atoms with Crippen molar-refractivity contribution in [3.63, 3.8) is 0 Å². The molecule has 1 rings (SSSR count). The Morgan fingerprint density at radius 2 is 1.57 bits per heavy atom. The zero-order valence-corrected chi connectivity index (χ0v) is 14.1. The van der Waals surface area contributed by atoms with E-state index in [2.05, 4.69) is 5.32 Å². The van der Waals surface area contributed by atoms with Crippen molar-refractivity contribution in [2.24, 2.45) is 0 Å². The topological polar surface area (TPSA) is 55.9 Å². The van der Waals surface area contributed by atoms with E-state index in [0.29, 0.717) is 6.54 Å². The Bertz CT molecular complexity index is 344. The minimum atomic E-state index is 0.0793. The molecular weight excluding hydrogens is 268 g/mol. The van der Waals surface area contributed by atoms with Crippen molar-refractivity contribution >= 4 is 11.8 Å². The molecule has 0 aliphatic carbocycles. The summed E-state index contributed by atoms with van der Waals surface area (Å²) < 4.78 is 0. The number of carbonyl (C=O) groups is 2. The highest BCUT2D eigenvalue weighted by Crippen LogP contribution is 2.06. The van der Waals surface area contributed by atoms with Gasteiger partial charge < -0.3 is 15.1 Å². The summed E-state index contributed by atoms with van der Waals surface area (Å²) in [6, 6.07) is 0.351. The molecule has 1 fully saturated rings. The summed E-state index contributed by atoms with van der Waals surface area (Å²) in [6.45, 7) is 11.9. The highest BCUT2D eigenvalue weighted by atomic mass is 16.2. The minimum Gasteiger partial charge on any atom is -0.339 e. The van der Waals surface area contributed by atoms with Crippen molar-refractivity contribution < 1.29 is 9.59 Å². The molecule has 0 aromatic heterocycles. The van der Waals surface area contributed by atoms with E-state index in [4.69, 9.17) is 0 Å². The summed E-state index contributed by atoms with van der Waals surface area (Å²) in [5, 5.41) is 3.23. The van der Waals surface area contributed by atoms with Gasteiger partial charge in [-0.1, -0.05) is 0 Å². The Morgan fingerprint density at radius 1 is 1.05 bits per heavy atom. The lowest BCUT2D eigenvalue weighted by Crippen LogP contribution is -2.51. The third-order valence-electron chi connectivity index (χ3n) is 3.68. The summed E-state index contributed by atoms with van der Waals surface area (Å²) in [6.07, 6.45) is 0. The predicted octanol–water partition coefficient (Wildman–Crippen LogP) is -0.00460. The molecule has 0 aromatic rings. The second kappa shape index (κ2) is 8.34. The van der Waals surface area contributed by atoms with Crippen molar-refractivity contribution in [3.8, 4) is 0 Å². The van der Waals surface area contributed by atoms with Gasteiger partial charge in [0.1, 0.15) is 0 Å². The van der Waals surface area contributed by atoms with Crippen LogP contribution in [0.1, 0.15) is 27.7 Å². The summed E-state index contributed by atoms with van der Waals surface area (Å²) in [7, 11) is 1.83. The number of likely N-dealkylation sites (N-methyl/N-ethyl adjacent to an activating group) is 1. The molecule has 0 aromatic carbocycles. The third kappa shape index (κ3) is 5.63. The Morgan fingerprint density at radius 3 is 2.05 bits per heavy atom. The van der Waals surface area contributed by atoms with Gasteiger partial charge in [0.05, 0.1) is 13.1 Å². The fourth-order valence-corrected chi connectivity index (χ4v) is 2.79. The molecule has 0 bridgehead atoms. The van der Waals surface area contributed by atoms with Crippen molar-refractivity contribution in [3.05, 3.63) is 0 Å². The monoisotopic (exact) mass is 298 g/mol. The number of piperazine rings is 1. The van der Waals surface area contributed by atoms with Gasteiger partial charge in [-0.05, 0) is 34.7 Å². The summed E-state index contributed by atoms with van der Waals surface area (Å²) >= 11 is 0. The van der Waals surface area contributed by atoms with Gasteiger partial charge in [-0.15, -0.1) is 0 Å².